The van der Waals surface area contributed by atoms with Crippen LogP contribution in [0.5, 0.6) is 5.75 Å². The third-order valence-corrected chi connectivity index (χ3v) is 6.44. The molecule has 2 aliphatic heterocycles. The van der Waals surface area contributed by atoms with Gasteiger partial charge in [0, 0.05) is 24.7 Å². The summed E-state index contributed by atoms with van der Waals surface area (Å²) in [7, 11) is 0. The van der Waals surface area contributed by atoms with Gasteiger partial charge in [-0.15, -0.1) is 0 Å². The minimum Gasteiger partial charge on any atom is -0.482 e. The van der Waals surface area contributed by atoms with Gasteiger partial charge >= 0.3 is 0 Å². The minimum absolute atomic E-state index is 0.0340. The summed E-state index contributed by atoms with van der Waals surface area (Å²) in [6.45, 7) is 7.60. The summed E-state index contributed by atoms with van der Waals surface area (Å²) in [6, 6.07) is 14.0. The standard InChI is InChI=1S/C26H33N3O3/c1-19-10-11-23-24(15-19)32-18-25(30)29(23)17-21-8-5-9-22(16-21)26(31)27-12-6-14-28-13-4-3-7-20(28)2/h5,8-11,15-16,20H,3-4,6-7,12-14,17-18H2,1-2H3,(H,27,31). The predicted octanol–water partition coefficient (Wildman–Crippen LogP) is 3.91. The molecule has 170 valence electrons. The Bertz CT molecular complexity index is 975. The second-order valence-electron chi connectivity index (χ2n) is 8.93. The number of hydrogen-bond acceptors (Lipinski definition) is 4. The molecule has 1 fully saturated rings. The number of nitrogens with zero attached hydrogens (tertiary/aromatic N) is 2. The molecule has 2 aromatic carbocycles. The number of rotatable bonds is 7. The Hall–Kier alpha value is -2.86. The predicted molar refractivity (Wildman–Crippen MR) is 126 cm³/mol. The van der Waals surface area contributed by atoms with Gasteiger partial charge in [-0.3, -0.25) is 9.59 Å². The van der Waals surface area contributed by atoms with Gasteiger partial charge in [-0.25, -0.2) is 0 Å². The first-order valence-corrected chi connectivity index (χ1v) is 11.7. The van der Waals surface area contributed by atoms with Gasteiger partial charge in [0.15, 0.2) is 6.61 Å². The minimum atomic E-state index is -0.0804. The van der Waals surface area contributed by atoms with E-state index < -0.39 is 0 Å². The van der Waals surface area contributed by atoms with E-state index in [4.69, 9.17) is 4.74 Å². The fourth-order valence-corrected chi connectivity index (χ4v) is 4.55. The molecule has 1 atom stereocenters. The quantitative estimate of drug-likeness (QED) is 0.670. The van der Waals surface area contributed by atoms with E-state index in [1.54, 1.807) is 4.90 Å². The van der Waals surface area contributed by atoms with Crippen LogP contribution >= 0.6 is 0 Å². The summed E-state index contributed by atoms with van der Waals surface area (Å²) >= 11 is 0. The lowest BCUT2D eigenvalue weighted by Crippen LogP contribution is -2.39. The third-order valence-electron chi connectivity index (χ3n) is 6.44. The van der Waals surface area contributed by atoms with Gasteiger partial charge in [-0.1, -0.05) is 24.6 Å². The van der Waals surface area contributed by atoms with E-state index in [-0.39, 0.29) is 18.4 Å². The first kappa shape index (κ1) is 22.3. The summed E-state index contributed by atoms with van der Waals surface area (Å²) < 4.78 is 5.59. The van der Waals surface area contributed by atoms with Crippen LogP contribution in [-0.2, 0) is 11.3 Å². The Morgan fingerprint density at radius 3 is 2.91 bits per heavy atom. The van der Waals surface area contributed by atoms with Crippen molar-refractivity contribution in [2.45, 2.75) is 52.1 Å². The van der Waals surface area contributed by atoms with E-state index >= 15 is 0 Å². The molecule has 0 aromatic heterocycles. The molecule has 2 amide bonds. The van der Waals surface area contributed by atoms with Gasteiger partial charge in [-0.2, -0.15) is 0 Å². The van der Waals surface area contributed by atoms with Crippen LogP contribution in [-0.4, -0.2) is 49.0 Å². The molecule has 0 bridgehead atoms. The average Bonchev–Trinajstić information content (AvgIpc) is 2.80. The van der Waals surface area contributed by atoms with Crippen LogP contribution in [0, 0.1) is 6.92 Å². The fourth-order valence-electron chi connectivity index (χ4n) is 4.55. The van der Waals surface area contributed by atoms with Crippen molar-refractivity contribution in [3.8, 4) is 5.75 Å². The Kier molecular flexibility index (Phi) is 7.10. The zero-order valence-electron chi connectivity index (χ0n) is 19.1. The van der Waals surface area contributed by atoms with Crippen molar-refractivity contribution in [1.82, 2.24) is 10.2 Å². The van der Waals surface area contributed by atoms with Crippen molar-refractivity contribution in [2.24, 2.45) is 0 Å². The molecule has 1 saturated heterocycles. The lowest BCUT2D eigenvalue weighted by Gasteiger charge is -2.33. The highest BCUT2D eigenvalue weighted by Crippen LogP contribution is 2.33. The van der Waals surface area contributed by atoms with Crippen LogP contribution < -0.4 is 15.0 Å². The van der Waals surface area contributed by atoms with Crippen LogP contribution in [0.3, 0.4) is 0 Å². The third kappa shape index (κ3) is 5.30. The number of nitrogens with one attached hydrogen (secondary N) is 1. The largest absolute Gasteiger partial charge is 0.482 e. The number of benzene rings is 2. The fraction of sp³-hybridized carbons (Fsp3) is 0.462. The molecule has 6 heteroatoms. The molecule has 2 aromatic rings. The summed E-state index contributed by atoms with van der Waals surface area (Å²) in [6.07, 6.45) is 4.83. The van der Waals surface area contributed by atoms with E-state index in [0.717, 1.165) is 35.5 Å². The van der Waals surface area contributed by atoms with E-state index in [9.17, 15) is 9.59 Å². The molecular formula is C26H33N3O3. The van der Waals surface area contributed by atoms with E-state index in [2.05, 4.69) is 17.1 Å². The van der Waals surface area contributed by atoms with Gasteiger partial charge in [0.05, 0.1) is 12.2 Å². The van der Waals surface area contributed by atoms with Crippen LogP contribution in [0.15, 0.2) is 42.5 Å². The maximum absolute atomic E-state index is 12.7. The SMILES string of the molecule is Cc1ccc2c(c1)OCC(=O)N2Cc1cccc(C(=O)NCCCN2CCCCC2C)c1. The zero-order valence-corrected chi connectivity index (χ0v) is 19.1. The van der Waals surface area contributed by atoms with Crippen molar-refractivity contribution >= 4 is 17.5 Å². The van der Waals surface area contributed by atoms with E-state index in [1.165, 1.54) is 25.8 Å². The number of carbonyl (C=O) groups excluding carboxylic acids is 2. The molecule has 4 rings (SSSR count). The molecule has 0 aliphatic carbocycles. The van der Waals surface area contributed by atoms with E-state index in [0.29, 0.717) is 24.7 Å². The van der Waals surface area contributed by atoms with Crippen molar-refractivity contribution in [2.75, 3.05) is 31.1 Å². The maximum Gasteiger partial charge on any atom is 0.265 e. The number of ether oxygens (including phenoxy) is 1. The van der Waals surface area contributed by atoms with Crippen molar-refractivity contribution in [1.29, 1.82) is 0 Å². The highest BCUT2D eigenvalue weighted by atomic mass is 16.5. The second kappa shape index (κ2) is 10.2. The van der Waals surface area contributed by atoms with Gasteiger partial charge in [0.25, 0.3) is 11.8 Å². The Morgan fingerprint density at radius 1 is 1.19 bits per heavy atom. The van der Waals surface area contributed by atoms with Gasteiger partial charge in [0.2, 0.25) is 0 Å². The monoisotopic (exact) mass is 435 g/mol. The average molecular weight is 436 g/mol. The highest BCUT2D eigenvalue weighted by Gasteiger charge is 2.26. The number of hydrogen-bond donors (Lipinski definition) is 1. The van der Waals surface area contributed by atoms with Crippen molar-refractivity contribution in [3.63, 3.8) is 0 Å². The normalized spacial score (nSPS) is 18.8. The summed E-state index contributed by atoms with van der Waals surface area (Å²) in [5, 5.41) is 3.05. The van der Waals surface area contributed by atoms with Crippen LogP contribution in [0.25, 0.3) is 0 Å². The number of likely N-dealkylation sites (tertiary alicyclic amines) is 1. The van der Waals surface area contributed by atoms with Crippen LogP contribution in [0.4, 0.5) is 5.69 Å². The maximum atomic E-state index is 12.7. The molecule has 0 spiro atoms. The smallest absolute Gasteiger partial charge is 0.265 e. The van der Waals surface area contributed by atoms with Gasteiger partial charge in [-0.05, 0) is 75.0 Å². The Morgan fingerprint density at radius 2 is 2.06 bits per heavy atom. The van der Waals surface area contributed by atoms with E-state index in [1.807, 2.05) is 49.4 Å². The molecule has 0 radical (unpaired) electrons. The van der Waals surface area contributed by atoms with Gasteiger partial charge in [0.1, 0.15) is 5.75 Å². The summed E-state index contributed by atoms with van der Waals surface area (Å²) in [4.78, 5) is 29.4. The van der Waals surface area contributed by atoms with Crippen LogP contribution in [0.1, 0.15) is 54.1 Å². The van der Waals surface area contributed by atoms with Crippen molar-refractivity contribution < 1.29 is 14.3 Å². The molecule has 2 aliphatic rings. The number of carbonyl (C=O) groups is 2. The van der Waals surface area contributed by atoms with Crippen LogP contribution in [0.2, 0.25) is 0 Å². The molecular weight excluding hydrogens is 402 g/mol. The van der Waals surface area contributed by atoms with Gasteiger partial charge < -0.3 is 19.9 Å². The number of piperidine rings is 1. The summed E-state index contributed by atoms with van der Waals surface area (Å²) in [5.74, 6) is 0.576. The number of aryl methyl sites for hydroxylation is 1. The molecule has 6 nitrogen and oxygen atoms in total. The highest BCUT2D eigenvalue weighted by molar-refractivity contribution is 5.98. The first-order valence-electron chi connectivity index (χ1n) is 11.7. The number of anilines is 1. The second-order valence-corrected chi connectivity index (χ2v) is 8.93. The Labute approximate surface area is 190 Å². The first-order chi connectivity index (χ1) is 15.5. The molecule has 32 heavy (non-hydrogen) atoms. The lowest BCUT2D eigenvalue weighted by atomic mass is 10.0. The molecule has 2 heterocycles. The molecule has 1 N–H and O–H groups in total. The lowest BCUT2D eigenvalue weighted by molar-refractivity contribution is -0.121. The topological polar surface area (TPSA) is 61.9 Å². The number of amides is 2. The number of fused-ring (bicyclic) bond motifs is 1. The zero-order chi connectivity index (χ0) is 22.5. The molecule has 0 saturated carbocycles. The summed E-state index contributed by atoms with van der Waals surface area (Å²) in [5.41, 5.74) is 3.40. The van der Waals surface area contributed by atoms with Crippen molar-refractivity contribution in [3.05, 3.63) is 59.2 Å². The molecule has 1 unspecified atom stereocenters. The Balaban J connectivity index is 1.34.